The average Bonchev–Trinajstić information content (AvgIpc) is 2.72. The smallest absolute Gasteiger partial charge is 0.231 e. The molecule has 5 heteroatoms. The Morgan fingerprint density at radius 3 is 3.27 bits per heavy atom. The Labute approximate surface area is 97.1 Å². The predicted octanol–water partition coefficient (Wildman–Crippen LogP) is 1.96. The number of hydrogen-bond acceptors (Lipinski definition) is 4. The Bertz CT molecular complexity index is 340. The van der Waals surface area contributed by atoms with E-state index in [1.165, 1.54) is 0 Å². The Balaban J connectivity index is 1.94. The van der Waals surface area contributed by atoms with E-state index >= 15 is 0 Å². The van der Waals surface area contributed by atoms with Crippen LogP contribution < -0.4 is 4.74 Å². The Kier molecular flexibility index (Phi) is 3.53. The summed E-state index contributed by atoms with van der Waals surface area (Å²) < 4.78 is 11.7. The van der Waals surface area contributed by atoms with Gasteiger partial charge in [0.2, 0.25) is 5.88 Å². The van der Waals surface area contributed by atoms with Gasteiger partial charge in [0.05, 0.1) is 17.7 Å². The van der Waals surface area contributed by atoms with Crippen LogP contribution in [-0.2, 0) is 4.74 Å². The molecule has 0 spiro atoms. The molecule has 0 amide bonds. The van der Waals surface area contributed by atoms with Crippen LogP contribution in [-0.4, -0.2) is 29.8 Å². The lowest BCUT2D eigenvalue weighted by Gasteiger charge is -2.10. The molecule has 82 valence electrons. The third-order valence-corrected chi connectivity index (χ3v) is 2.86. The largest absolute Gasteiger partial charge is 0.476 e. The maximum atomic E-state index is 5.62. The molecule has 0 N–H and O–H groups in total. The summed E-state index contributed by atoms with van der Waals surface area (Å²) in [7, 11) is 0. The number of nitrogens with zero attached hydrogens (tertiary/aromatic N) is 2. The first-order chi connectivity index (χ1) is 7.25. The highest BCUT2D eigenvalue weighted by atomic mass is 79.9. The Hall–Kier alpha value is -0.680. The number of hydrogen-bond donors (Lipinski definition) is 0. The molecular formula is C10H13BrN2O2. The minimum atomic E-state index is 0.493. The molecule has 1 atom stereocenters. The van der Waals surface area contributed by atoms with Gasteiger partial charge < -0.3 is 9.47 Å². The fourth-order valence-corrected chi connectivity index (χ4v) is 1.75. The van der Waals surface area contributed by atoms with Gasteiger partial charge in [0, 0.05) is 18.7 Å². The second-order valence-electron chi connectivity index (χ2n) is 3.61. The van der Waals surface area contributed by atoms with Gasteiger partial charge in [0.15, 0.2) is 0 Å². The summed E-state index contributed by atoms with van der Waals surface area (Å²) in [5.74, 6) is 1.83. The molecular weight excluding hydrogens is 260 g/mol. The third-order valence-electron chi connectivity index (χ3n) is 2.31. The van der Waals surface area contributed by atoms with Gasteiger partial charge in [-0.3, -0.25) is 0 Å². The van der Waals surface area contributed by atoms with Crippen LogP contribution in [0.2, 0.25) is 0 Å². The minimum Gasteiger partial charge on any atom is -0.476 e. The zero-order chi connectivity index (χ0) is 10.7. The van der Waals surface area contributed by atoms with E-state index in [9.17, 15) is 0 Å². The van der Waals surface area contributed by atoms with Crippen LogP contribution >= 0.6 is 15.9 Å². The van der Waals surface area contributed by atoms with Crippen molar-refractivity contribution in [3.63, 3.8) is 0 Å². The molecule has 1 aromatic rings. The van der Waals surface area contributed by atoms with Crippen molar-refractivity contribution in [2.24, 2.45) is 5.92 Å². The molecule has 2 heterocycles. The number of ether oxygens (including phenoxy) is 2. The summed E-state index contributed by atoms with van der Waals surface area (Å²) in [6.07, 6.45) is 2.78. The lowest BCUT2D eigenvalue weighted by molar-refractivity contribution is 0.165. The maximum Gasteiger partial charge on any atom is 0.231 e. The van der Waals surface area contributed by atoms with Crippen LogP contribution in [0.5, 0.6) is 5.88 Å². The Morgan fingerprint density at radius 1 is 1.67 bits per heavy atom. The van der Waals surface area contributed by atoms with Crippen LogP contribution in [0.4, 0.5) is 0 Å². The first-order valence-corrected chi connectivity index (χ1v) is 5.74. The summed E-state index contributed by atoms with van der Waals surface area (Å²) in [6.45, 7) is 4.15. The second-order valence-corrected chi connectivity index (χ2v) is 4.47. The standard InChI is InChI=1S/C10H13BrN2O2/c1-7-12-4-9(11)10(13-7)15-6-8-2-3-14-5-8/h4,8H,2-3,5-6H2,1H3. The lowest BCUT2D eigenvalue weighted by atomic mass is 10.1. The number of rotatable bonds is 3. The van der Waals surface area contributed by atoms with E-state index in [1.807, 2.05) is 6.92 Å². The van der Waals surface area contributed by atoms with Crippen molar-refractivity contribution in [2.75, 3.05) is 19.8 Å². The zero-order valence-electron chi connectivity index (χ0n) is 8.57. The van der Waals surface area contributed by atoms with Crippen LogP contribution in [0.15, 0.2) is 10.7 Å². The fourth-order valence-electron chi connectivity index (χ4n) is 1.45. The molecule has 4 nitrogen and oxygen atoms in total. The van der Waals surface area contributed by atoms with Gasteiger partial charge in [-0.2, -0.15) is 4.98 Å². The maximum absolute atomic E-state index is 5.62. The molecule has 1 fully saturated rings. The lowest BCUT2D eigenvalue weighted by Crippen LogP contribution is -2.12. The van der Waals surface area contributed by atoms with E-state index in [2.05, 4.69) is 25.9 Å². The van der Waals surface area contributed by atoms with Crippen molar-refractivity contribution < 1.29 is 9.47 Å². The number of aryl methyl sites for hydroxylation is 1. The molecule has 0 radical (unpaired) electrons. The summed E-state index contributed by atoms with van der Waals surface area (Å²) in [5, 5.41) is 0. The van der Waals surface area contributed by atoms with Gasteiger partial charge in [-0.25, -0.2) is 4.98 Å². The quantitative estimate of drug-likeness (QED) is 0.844. The molecule has 1 aliphatic rings. The molecule has 2 rings (SSSR count). The van der Waals surface area contributed by atoms with Crippen molar-refractivity contribution >= 4 is 15.9 Å². The minimum absolute atomic E-state index is 0.493. The van der Waals surface area contributed by atoms with E-state index in [1.54, 1.807) is 6.20 Å². The van der Waals surface area contributed by atoms with E-state index in [0.29, 0.717) is 18.4 Å². The van der Waals surface area contributed by atoms with E-state index < -0.39 is 0 Å². The van der Waals surface area contributed by atoms with Gasteiger partial charge in [-0.15, -0.1) is 0 Å². The van der Waals surface area contributed by atoms with Crippen molar-refractivity contribution in [1.29, 1.82) is 0 Å². The van der Waals surface area contributed by atoms with Gasteiger partial charge >= 0.3 is 0 Å². The molecule has 1 unspecified atom stereocenters. The monoisotopic (exact) mass is 272 g/mol. The van der Waals surface area contributed by atoms with Gasteiger partial charge in [0.25, 0.3) is 0 Å². The van der Waals surface area contributed by atoms with Crippen LogP contribution in [0.1, 0.15) is 12.2 Å². The molecule has 0 aromatic carbocycles. The zero-order valence-corrected chi connectivity index (χ0v) is 10.2. The first-order valence-electron chi connectivity index (χ1n) is 4.95. The van der Waals surface area contributed by atoms with E-state index in [0.717, 1.165) is 29.9 Å². The third kappa shape index (κ3) is 2.89. The van der Waals surface area contributed by atoms with Crippen LogP contribution in [0.3, 0.4) is 0 Å². The van der Waals surface area contributed by atoms with Gasteiger partial charge in [-0.05, 0) is 29.3 Å². The fraction of sp³-hybridized carbons (Fsp3) is 0.600. The molecule has 0 aliphatic carbocycles. The first kappa shape index (κ1) is 10.8. The summed E-state index contributed by atoms with van der Waals surface area (Å²) >= 11 is 3.36. The topological polar surface area (TPSA) is 44.2 Å². The Morgan fingerprint density at radius 2 is 2.53 bits per heavy atom. The van der Waals surface area contributed by atoms with E-state index in [-0.39, 0.29) is 0 Å². The van der Waals surface area contributed by atoms with Crippen LogP contribution in [0.25, 0.3) is 0 Å². The highest BCUT2D eigenvalue weighted by Gasteiger charge is 2.17. The summed E-state index contributed by atoms with van der Waals surface area (Å²) in [6, 6.07) is 0. The molecule has 15 heavy (non-hydrogen) atoms. The summed E-state index contributed by atoms with van der Waals surface area (Å²) in [4.78, 5) is 8.27. The van der Waals surface area contributed by atoms with E-state index in [4.69, 9.17) is 9.47 Å². The highest BCUT2D eigenvalue weighted by molar-refractivity contribution is 9.10. The molecule has 1 aromatic heterocycles. The van der Waals surface area contributed by atoms with Crippen molar-refractivity contribution in [1.82, 2.24) is 9.97 Å². The average molecular weight is 273 g/mol. The SMILES string of the molecule is Cc1ncc(Br)c(OCC2CCOC2)n1. The van der Waals surface area contributed by atoms with Crippen LogP contribution in [0, 0.1) is 12.8 Å². The highest BCUT2D eigenvalue weighted by Crippen LogP contribution is 2.22. The molecule has 1 saturated heterocycles. The molecule has 0 saturated carbocycles. The molecule has 0 bridgehead atoms. The summed E-state index contributed by atoms with van der Waals surface area (Å²) in [5.41, 5.74) is 0. The molecule has 1 aliphatic heterocycles. The van der Waals surface area contributed by atoms with Crippen molar-refractivity contribution in [3.05, 3.63) is 16.5 Å². The van der Waals surface area contributed by atoms with Crippen molar-refractivity contribution in [3.8, 4) is 5.88 Å². The van der Waals surface area contributed by atoms with Gasteiger partial charge in [0.1, 0.15) is 5.82 Å². The van der Waals surface area contributed by atoms with Gasteiger partial charge in [-0.1, -0.05) is 0 Å². The number of halogens is 1. The predicted molar refractivity (Wildman–Crippen MR) is 58.9 cm³/mol. The number of aromatic nitrogens is 2. The van der Waals surface area contributed by atoms with Crippen molar-refractivity contribution in [2.45, 2.75) is 13.3 Å². The normalized spacial score (nSPS) is 20.5. The second kappa shape index (κ2) is 4.90.